The fraction of sp³-hybridized carbons (Fsp3) is 0.267. The molecule has 3 heteroatoms. The molecular formula is C15H17NO2. The van der Waals surface area contributed by atoms with Crippen molar-refractivity contribution >= 4 is 16.7 Å². The van der Waals surface area contributed by atoms with Gasteiger partial charge in [0.2, 0.25) is 0 Å². The first-order chi connectivity index (χ1) is 8.57. The van der Waals surface area contributed by atoms with Crippen molar-refractivity contribution in [3.8, 4) is 0 Å². The number of esters is 1. The number of carbonyl (C=O) groups is 1. The van der Waals surface area contributed by atoms with E-state index in [1.807, 2.05) is 42.5 Å². The maximum Gasteiger partial charge on any atom is 0.330 e. The first-order valence-electron chi connectivity index (χ1n) is 6.01. The van der Waals surface area contributed by atoms with Gasteiger partial charge in [-0.1, -0.05) is 42.5 Å². The molecule has 0 spiro atoms. The van der Waals surface area contributed by atoms with Gasteiger partial charge in [-0.05, 0) is 30.2 Å². The molecule has 2 rings (SSSR count). The van der Waals surface area contributed by atoms with Crippen LogP contribution in [0.2, 0.25) is 0 Å². The summed E-state index contributed by atoms with van der Waals surface area (Å²) < 4.78 is 5.05. The van der Waals surface area contributed by atoms with E-state index in [9.17, 15) is 4.79 Å². The van der Waals surface area contributed by atoms with Crippen LogP contribution in [0.5, 0.6) is 0 Å². The molecule has 0 bridgehead atoms. The molecule has 0 aliphatic rings. The van der Waals surface area contributed by atoms with E-state index < -0.39 is 11.5 Å². The lowest BCUT2D eigenvalue weighted by Crippen LogP contribution is -2.43. The van der Waals surface area contributed by atoms with Crippen LogP contribution in [0, 0.1) is 0 Å². The van der Waals surface area contributed by atoms with E-state index >= 15 is 0 Å². The SMILES string of the molecule is CCOC(=O)[C@](C)(N)c1cccc2ccccc12. The van der Waals surface area contributed by atoms with Crippen LogP contribution in [0.1, 0.15) is 19.4 Å². The minimum Gasteiger partial charge on any atom is -0.464 e. The zero-order chi connectivity index (χ0) is 13.2. The summed E-state index contributed by atoms with van der Waals surface area (Å²) in [4.78, 5) is 12.0. The Morgan fingerprint density at radius 2 is 1.89 bits per heavy atom. The van der Waals surface area contributed by atoms with Crippen molar-refractivity contribution < 1.29 is 9.53 Å². The molecule has 0 aliphatic heterocycles. The molecule has 0 radical (unpaired) electrons. The molecule has 1 atom stereocenters. The number of hydrogen-bond donors (Lipinski definition) is 1. The molecule has 3 nitrogen and oxygen atoms in total. The molecule has 0 aliphatic carbocycles. The van der Waals surface area contributed by atoms with Gasteiger partial charge in [-0.15, -0.1) is 0 Å². The zero-order valence-electron chi connectivity index (χ0n) is 10.6. The predicted molar refractivity (Wildman–Crippen MR) is 72.1 cm³/mol. The summed E-state index contributed by atoms with van der Waals surface area (Å²) in [5.74, 6) is -0.402. The van der Waals surface area contributed by atoms with Gasteiger partial charge in [0.25, 0.3) is 0 Å². The number of hydrogen-bond acceptors (Lipinski definition) is 3. The Labute approximate surface area is 107 Å². The molecule has 2 aromatic rings. The largest absolute Gasteiger partial charge is 0.464 e. The zero-order valence-corrected chi connectivity index (χ0v) is 10.6. The number of carbonyl (C=O) groups excluding carboxylic acids is 1. The summed E-state index contributed by atoms with van der Waals surface area (Å²) in [6, 6.07) is 13.6. The first-order valence-corrected chi connectivity index (χ1v) is 6.01. The highest BCUT2D eigenvalue weighted by Gasteiger charge is 2.33. The van der Waals surface area contributed by atoms with Crippen LogP contribution < -0.4 is 5.73 Å². The highest BCUT2D eigenvalue weighted by atomic mass is 16.5. The van der Waals surface area contributed by atoms with Gasteiger partial charge in [0.15, 0.2) is 0 Å². The van der Waals surface area contributed by atoms with Gasteiger partial charge in [-0.2, -0.15) is 0 Å². The molecular weight excluding hydrogens is 226 g/mol. The van der Waals surface area contributed by atoms with E-state index in [1.165, 1.54) is 0 Å². The third-order valence-corrected chi connectivity index (χ3v) is 3.05. The fourth-order valence-electron chi connectivity index (χ4n) is 2.07. The monoisotopic (exact) mass is 243 g/mol. The van der Waals surface area contributed by atoms with Crippen molar-refractivity contribution in [1.82, 2.24) is 0 Å². The average molecular weight is 243 g/mol. The third-order valence-electron chi connectivity index (χ3n) is 3.05. The summed E-state index contributed by atoms with van der Waals surface area (Å²) in [6.45, 7) is 3.79. The molecule has 94 valence electrons. The van der Waals surface area contributed by atoms with Crippen LogP contribution in [-0.2, 0) is 15.1 Å². The molecule has 18 heavy (non-hydrogen) atoms. The summed E-state index contributed by atoms with van der Waals surface area (Å²) in [6.07, 6.45) is 0. The molecule has 0 saturated carbocycles. The van der Waals surface area contributed by atoms with Gasteiger partial charge in [-0.25, -0.2) is 4.79 Å². The van der Waals surface area contributed by atoms with Gasteiger partial charge in [0.1, 0.15) is 5.54 Å². The van der Waals surface area contributed by atoms with E-state index in [2.05, 4.69) is 0 Å². The molecule has 0 aromatic heterocycles. The van der Waals surface area contributed by atoms with Crippen LogP contribution in [0.4, 0.5) is 0 Å². The van der Waals surface area contributed by atoms with Gasteiger partial charge in [0, 0.05) is 0 Å². The van der Waals surface area contributed by atoms with E-state index in [-0.39, 0.29) is 0 Å². The Bertz CT molecular complexity index is 570. The Morgan fingerprint density at radius 3 is 2.61 bits per heavy atom. The first kappa shape index (κ1) is 12.6. The van der Waals surface area contributed by atoms with Gasteiger partial charge < -0.3 is 10.5 Å². The summed E-state index contributed by atoms with van der Waals surface area (Å²) in [5, 5.41) is 2.05. The summed E-state index contributed by atoms with van der Waals surface area (Å²) in [5.41, 5.74) is 5.82. The molecule has 0 unspecified atom stereocenters. The quantitative estimate of drug-likeness (QED) is 0.843. The van der Waals surface area contributed by atoms with E-state index in [4.69, 9.17) is 10.5 Å². The number of rotatable bonds is 3. The summed E-state index contributed by atoms with van der Waals surface area (Å²) in [7, 11) is 0. The number of nitrogens with two attached hydrogens (primary N) is 1. The van der Waals surface area contributed by atoms with Crippen molar-refractivity contribution in [1.29, 1.82) is 0 Å². The van der Waals surface area contributed by atoms with E-state index in [0.717, 1.165) is 16.3 Å². The third kappa shape index (κ3) is 2.09. The second kappa shape index (κ2) is 4.78. The highest BCUT2D eigenvalue weighted by molar-refractivity contribution is 5.93. The maximum absolute atomic E-state index is 12.0. The Balaban J connectivity index is 2.56. The molecule has 0 heterocycles. The molecule has 2 aromatic carbocycles. The Kier molecular flexibility index (Phi) is 3.34. The normalized spacial score (nSPS) is 14.2. The van der Waals surface area contributed by atoms with Crippen LogP contribution in [0.3, 0.4) is 0 Å². The topological polar surface area (TPSA) is 52.3 Å². The highest BCUT2D eigenvalue weighted by Crippen LogP contribution is 2.27. The predicted octanol–water partition coefficient (Wildman–Crippen LogP) is 2.58. The number of ether oxygens (including phenoxy) is 1. The van der Waals surface area contributed by atoms with Crippen molar-refractivity contribution in [2.75, 3.05) is 6.61 Å². The van der Waals surface area contributed by atoms with Crippen molar-refractivity contribution in [2.24, 2.45) is 5.73 Å². The Hall–Kier alpha value is -1.87. The lowest BCUT2D eigenvalue weighted by Gasteiger charge is -2.24. The van der Waals surface area contributed by atoms with Crippen molar-refractivity contribution in [2.45, 2.75) is 19.4 Å². The average Bonchev–Trinajstić information content (AvgIpc) is 2.38. The Morgan fingerprint density at radius 1 is 1.22 bits per heavy atom. The van der Waals surface area contributed by atoms with Crippen molar-refractivity contribution in [3.05, 3.63) is 48.0 Å². The molecule has 0 amide bonds. The minimum atomic E-state index is -1.13. The van der Waals surface area contributed by atoms with Crippen molar-refractivity contribution in [3.63, 3.8) is 0 Å². The van der Waals surface area contributed by atoms with Crippen LogP contribution in [0.15, 0.2) is 42.5 Å². The molecule has 0 fully saturated rings. The maximum atomic E-state index is 12.0. The lowest BCUT2D eigenvalue weighted by molar-refractivity contribution is -0.149. The van der Waals surface area contributed by atoms with Gasteiger partial charge in [0.05, 0.1) is 6.61 Å². The second-order valence-electron chi connectivity index (χ2n) is 4.45. The molecule has 2 N–H and O–H groups in total. The fourth-order valence-corrected chi connectivity index (χ4v) is 2.07. The summed E-state index contributed by atoms with van der Waals surface area (Å²) >= 11 is 0. The standard InChI is InChI=1S/C15H17NO2/c1-3-18-14(17)15(2,16)13-10-6-8-11-7-4-5-9-12(11)13/h4-10H,3,16H2,1-2H3/t15-/m1/s1. The smallest absolute Gasteiger partial charge is 0.330 e. The molecule has 0 saturated heterocycles. The number of benzene rings is 2. The van der Waals surface area contributed by atoms with Crippen LogP contribution in [-0.4, -0.2) is 12.6 Å². The van der Waals surface area contributed by atoms with Crippen LogP contribution >= 0.6 is 0 Å². The lowest BCUT2D eigenvalue weighted by atomic mass is 9.89. The van der Waals surface area contributed by atoms with Gasteiger partial charge >= 0.3 is 5.97 Å². The number of fused-ring (bicyclic) bond motifs is 1. The van der Waals surface area contributed by atoms with E-state index in [0.29, 0.717) is 6.61 Å². The second-order valence-corrected chi connectivity index (χ2v) is 4.45. The van der Waals surface area contributed by atoms with Crippen LogP contribution in [0.25, 0.3) is 10.8 Å². The minimum absolute atomic E-state index is 0.330. The van der Waals surface area contributed by atoms with Gasteiger partial charge in [-0.3, -0.25) is 0 Å². The van der Waals surface area contributed by atoms with E-state index in [1.54, 1.807) is 13.8 Å².